The van der Waals surface area contributed by atoms with Gasteiger partial charge in [-0.05, 0) is 47.5 Å². The fourth-order valence-corrected chi connectivity index (χ4v) is 2.76. The van der Waals surface area contributed by atoms with Gasteiger partial charge in [0.15, 0.2) is 12.0 Å². The van der Waals surface area contributed by atoms with Crippen LogP contribution in [0.4, 0.5) is 0 Å². The maximum Gasteiger partial charge on any atom is 0.153 e. The van der Waals surface area contributed by atoms with Crippen molar-refractivity contribution in [2.45, 2.75) is 13.3 Å². The second-order valence-corrected chi connectivity index (χ2v) is 6.07. The SMILES string of the molecule is Cc1cc(C=O)c(O)c2ncc(Cc3ccc(P)cc3)cc12. The summed E-state index contributed by atoms with van der Waals surface area (Å²) >= 11 is 0. The number of carbonyl (C=O) groups excluding carboxylic acids is 1. The molecule has 1 atom stereocenters. The molecule has 0 fully saturated rings. The average Bonchev–Trinajstić information content (AvgIpc) is 2.53. The topological polar surface area (TPSA) is 50.2 Å². The molecule has 1 aromatic heterocycles. The molecule has 0 aliphatic carbocycles. The first-order chi connectivity index (χ1) is 10.6. The lowest BCUT2D eigenvalue weighted by atomic mass is 10.0. The lowest BCUT2D eigenvalue weighted by molar-refractivity contribution is 0.112. The number of phenolic OH excluding ortho intramolecular Hbond substituents is 1. The Kier molecular flexibility index (Phi) is 3.91. The molecule has 0 aliphatic rings. The molecule has 2 aromatic carbocycles. The van der Waals surface area contributed by atoms with Crippen LogP contribution in [0.25, 0.3) is 10.9 Å². The second kappa shape index (κ2) is 5.86. The monoisotopic (exact) mass is 309 g/mol. The number of rotatable bonds is 3. The third kappa shape index (κ3) is 2.72. The van der Waals surface area contributed by atoms with Crippen molar-refractivity contribution in [1.29, 1.82) is 0 Å². The summed E-state index contributed by atoms with van der Waals surface area (Å²) in [5, 5.41) is 12.1. The lowest BCUT2D eigenvalue weighted by Crippen LogP contribution is -1.95. The summed E-state index contributed by atoms with van der Waals surface area (Å²) in [4.78, 5) is 15.3. The molecule has 110 valence electrons. The first kappa shape index (κ1) is 14.7. The fourth-order valence-electron chi connectivity index (χ4n) is 2.57. The van der Waals surface area contributed by atoms with E-state index in [0.29, 0.717) is 11.8 Å². The minimum Gasteiger partial charge on any atom is -0.505 e. The van der Waals surface area contributed by atoms with Gasteiger partial charge in [0.1, 0.15) is 5.52 Å². The largest absolute Gasteiger partial charge is 0.505 e. The van der Waals surface area contributed by atoms with Crippen LogP contribution < -0.4 is 5.30 Å². The molecule has 0 amide bonds. The molecule has 1 unspecified atom stereocenters. The summed E-state index contributed by atoms with van der Waals surface area (Å²) in [7, 11) is 2.67. The molecule has 0 saturated heterocycles. The number of aromatic nitrogens is 1. The molecular weight excluding hydrogens is 293 g/mol. The van der Waals surface area contributed by atoms with Gasteiger partial charge in [0.2, 0.25) is 0 Å². The molecule has 22 heavy (non-hydrogen) atoms. The summed E-state index contributed by atoms with van der Waals surface area (Å²) < 4.78 is 0. The van der Waals surface area contributed by atoms with Crippen LogP contribution in [-0.2, 0) is 6.42 Å². The predicted octanol–water partition coefficient (Wildman–Crippen LogP) is 3.15. The number of pyridine rings is 1. The summed E-state index contributed by atoms with van der Waals surface area (Å²) in [6.07, 6.45) is 3.19. The third-order valence-electron chi connectivity index (χ3n) is 3.75. The Morgan fingerprint density at radius 2 is 1.91 bits per heavy atom. The van der Waals surface area contributed by atoms with Crippen LogP contribution in [0.15, 0.2) is 42.6 Å². The zero-order valence-corrected chi connectivity index (χ0v) is 13.4. The van der Waals surface area contributed by atoms with Crippen molar-refractivity contribution in [1.82, 2.24) is 4.98 Å². The van der Waals surface area contributed by atoms with E-state index in [1.165, 1.54) is 5.56 Å². The Morgan fingerprint density at radius 3 is 2.59 bits per heavy atom. The predicted molar refractivity (Wildman–Crippen MR) is 92.1 cm³/mol. The highest BCUT2D eigenvalue weighted by atomic mass is 31.0. The van der Waals surface area contributed by atoms with Crippen LogP contribution >= 0.6 is 9.24 Å². The number of nitrogens with zero attached hydrogens (tertiary/aromatic N) is 1. The maximum absolute atomic E-state index is 11.0. The molecule has 0 saturated carbocycles. The van der Waals surface area contributed by atoms with E-state index in [1.807, 2.05) is 13.0 Å². The van der Waals surface area contributed by atoms with Crippen molar-refractivity contribution >= 4 is 31.7 Å². The Morgan fingerprint density at radius 1 is 1.18 bits per heavy atom. The first-order valence-electron chi connectivity index (χ1n) is 6.99. The minimum absolute atomic E-state index is 0.0467. The molecule has 1 N–H and O–H groups in total. The van der Waals surface area contributed by atoms with Gasteiger partial charge in [-0.1, -0.05) is 24.3 Å². The molecule has 0 aliphatic heterocycles. The average molecular weight is 309 g/mol. The summed E-state index contributed by atoms with van der Waals surface area (Å²) in [5.41, 5.74) is 3.97. The zero-order valence-electron chi connectivity index (χ0n) is 12.2. The Labute approximate surface area is 131 Å². The zero-order chi connectivity index (χ0) is 15.7. The Balaban J connectivity index is 2.04. The molecule has 3 nitrogen and oxygen atoms in total. The molecular formula is C18H16NO2P. The van der Waals surface area contributed by atoms with Gasteiger partial charge in [0.05, 0.1) is 5.56 Å². The van der Waals surface area contributed by atoms with Gasteiger partial charge < -0.3 is 5.11 Å². The molecule has 3 aromatic rings. The number of hydrogen-bond donors (Lipinski definition) is 1. The smallest absolute Gasteiger partial charge is 0.153 e. The van der Waals surface area contributed by atoms with E-state index < -0.39 is 0 Å². The highest BCUT2D eigenvalue weighted by molar-refractivity contribution is 7.27. The van der Waals surface area contributed by atoms with Gasteiger partial charge in [0, 0.05) is 11.6 Å². The number of carbonyl (C=O) groups is 1. The number of benzene rings is 2. The number of aryl methyl sites for hydroxylation is 1. The van der Waals surface area contributed by atoms with E-state index in [2.05, 4.69) is 38.5 Å². The molecule has 0 bridgehead atoms. The van der Waals surface area contributed by atoms with Gasteiger partial charge >= 0.3 is 0 Å². The standard InChI is InChI=1S/C18H16NO2P/c1-11-6-14(10-20)18(21)17-16(11)8-13(9-19-17)7-12-2-4-15(22)5-3-12/h2-6,8-10,21H,7,22H2,1H3. The number of phenols is 1. The van der Waals surface area contributed by atoms with Crippen molar-refractivity contribution in [3.8, 4) is 5.75 Å². The van der Waals surface area contributed by atoms with E-state index in [-0.39, 0.29) is 11.3 Å². The number of fused-ring (bicyclic) bond motifs is 1. The first-order valence-corrected chi connectivity index (χ1v) is 7.57. The molecule has 0 radical (unpaired) electrons. The Bertz CT molecular complexity index is 857. The molecule has 4 heteroatoms. The highest BCUT2D eigenvalue weighted by Gasteiger charge is 2.11. The van der Waals surface area contributed by atoms with Crippen LogP contribution in [0.1, 0.15) is 27.0 Å². The molecule has 1 heterocycles. The summed E-state index contributed by atoms with van der Waals surface area (Å²) in [6.45, 7) is 1.92. The van der Waals surface area contributed by atoms with E-state index in [4.69, 9.17) is 0 Å². The number of hydrogen-bond acceptors (Lipinski definition) is 3. The third-order valence-corrected chi connectivity index (χ3v) is 4.14. The number of aromatic hydroxyl groups is 1. The van der Waals surface area contributed by atoms with Crippen molar-refractivity contribution < 1.29 is 9.90 Å². The fraction of sp³-hybridized carbons (Fsp3) is 0.111. The molecule has 3 rings (SSSR count). The van der Waals surface area contributed by atoms with Gasteiger partial charge in [-0.25, -0.2) is 0 Å². The van der Waals surface area contributed by atoms with Crippen LogP contribution in [0, 0.1) is 6.92 Å². The van der Waals surface area contributed by atoms with Crippen molar-refractivity contribution in [2.24, 2.45) is 0 Å². The lowest BCUT2D eigenvalue weighted by Gasteiger charge is -2.09. The van der Waals surface area contributed by atoms with E-state index >= 15 is 0 Å². The van der Waals surface area contributed by atoms with Crippen molar-refractivity contribution in [2.75, 3.05) is 0 Å². The molecule has 0 spiro atoms. The van der Waals surface area contributed by atoms with Gasteiger partial charge in [-0.15, -0.1) is 9.24 Å². The van der Waals surface area contributed by atoms with Gasteiger partial charge in [-0.3, -0.25) is 9.78 Å². The van der Waals surface area contributed by atoms with Crippen LogP contribution in [0.5, 0.6) is 5.75 Å². The van der Waals surface area contributed by atoms with Crippen molar-refractivity contribution in [3.05, 3.63) is 64.8 Å². The maximum atomic E-state index is 11.0. The number of aldehydes is 1. The van der Waals surface area contributed by atoms with Gasteiger partial charge in [-0.2, -0.15) is 0 Å². The Hall–Kier alpha value is -2.25. The van der Waals surface area contributed by atoms with Gasteiger partial charge in [0.25, 0.3) is 0 Å². The second-order valence-electron chi connectivity index (χ2n) is 5.41. The van der Waals surface area contributed by atoms with Crippen LogP contribution in [0.2, 0.25) is 0 Å². The van der Waals surface area contributed by atoms with E-state index in [9.17, 15) is 9.90 Å². The van der Waals surface area contributed by atoms with E-state index in [1.54, 1.807) is 12.3 Å². The normalized spacial score (nSPS) is 10.8. The summed E-state index contributed by atoms with van der Waals surface area (Å²) in [5.74, 6) is -0.0467. The van der Waals surface area contributed by atoms with Crippen LogP contribution in [-0.4, -0.2) is 16.4 Å². The van der Waals surface area contributed by atoms with Crippen LogP contribution in [0.3, 0.4) is 0 Å². The quantitative estimate of drug-likeness (QED) is 0.597. The minimum atomic E-state index is -0.0467. The van der Waals surface area contributed by atoms with E-state index in [0.717, 1.165) is 28.2 Å². The summed E-state index contributed by atoms with van der Waals surface area (Å²) in [6, 6.07) is 12.0. The van der Waals surface area contributed by atoms with Crippen molar-refractivity contribution in [3.63, 3.8) is 0 Å². The highest BCUT2D eigenvalue weighted by Crippen LogP contribution is 2.29.